The molecule has 1 aliphatic carbocycles. The summed E-state index contributed by atoms with van der Waals surface area (Å²) in [5.74, 6) is 0.857. The highest BCUT2D eigenvalue weighted by molar-refractivity contribution is 7.99. The molecule has 2 rings (SSSR count). The maximum absolute atomic E-state index is 12.1. The number of amides is 2. The fourth-order valence-electron chi connectivity index (χ4n) is 2.82. The van der Waals surface area contributed by atoms with Gasteiger partial charge in [0, 0.05) is 11.8 Å². The molecule has 2 N–H and O–H groups in total. The van der Waals surface area contributed by atoms with E-state index in [2.05, 4.69) is 12.2 Å². The second-order valence-corrected chi connectivity index (χ2v) is 6.40. The average molecular weight is 286 g/mol. The van der Waals surface area contributed by atoms with Crippen molar-refractivity contribution in [2.75, 3.05) is 11.6 Å². The lowest BCUT2D eigenvalue weighted by Gasteiger charge is -2.30. The van der Waals surface area contributed by atoms with Crippen LogP contribution in [0, 0.1) is 5.92 Å². The van der Waals surface area contributed by atoms with E-state index >= 15 is 0 Å². The van der Waals surface area contributed by atoms with Crippen LogP contribution in [-0.4, -0.2) is 45.7 Å². The van der Waals surface area contributed by atoms with Gasteiger partial charge in [0.1, 0.15) is 6.04 Å². The van der Waals surface area contributed by atoms with Crippen LogP contribution in [0.2, 0.25) is 0 Å². The second kappa shape index (κ2) is 6.50. The molecule has 1 saturated carbocycles. The van der Waals surface area contributed by atoms with E-state index in [1.165, 1.54) is 35.9 Å². The van der Waals surface area contributed by atoms with Gasteiger partial charge in [-0.25, -0.2) is 9.59 Å². The average Bonchev–Trinajstić information content (AvgIpc) is 2.89. The van der Waals surface area contributed by atoms with Gasteiger partial charge >= 0.3 is 12.0 Å². The van der Waals surface area contributed by atoms with Crippen LogP contribution < -0.4 is 5.32 Å². The Bertz CT molecular complexity index is 343. The molecule has 6 heteroatoms. The normalized spacial score (nSPS) is 31.2. The summed E-state index contributed by atoms with van der Waals surface area (Å²) in [4.78, 5) is 24.6. The third kappa shape index (κ3) is 3.55. The molecule has 1 atom stereocenters. The molecular formula is C13H22N2O3S. The molecule has 0 bridgehead atoms. The monoisotopic (exact) mass is 286 g/mol. The Morgan fingerprint density at radius 1 is 1.32 bits per heavy atom. The molecule has 0 radical (unpaired) electrons. The Morgan fingerprint density at radius 2 is 2.00 bits per heavy atom. The van der Waals surface area contributed by atoms with E-state index in [1.807, 2.05) is 0 Å². The topological polar surface area (TPSA) is 69.6 Å². The molecule has 1 heterocycles. The predicted octanol–water partition coefficient (Wildman–Crippen LogP) is 2.12. The van der Waals surface area contributed by atoms with Gasteiger partial charge in [-0.05, 0) is 31.6 Å². The van der Waals surface area contributed by atoms with Crippen LogP contribution in [0.1, 0.15) is 39.0 Å². The first-order valence-electron chi connectivity index (χ1n) is 6.99. The third-order valence-electron chi connectivity index (χ3n) is 4.18. The molecule has 0 unspecified atom stereocenters. The molecule has 1 saturated heterocycles. The molecule has 2 aliphatic rings. The first-order valence-corrected chi connectivity index (χ1v) is 8.15. The minimum absolute atomic E-state index is 0.211. The molecule has 2 amide bonds. The van der Waals surface area contributed by atoms with Gasteiger partial charge in [0.15, 0.2) is 0 Å². The Labute approximate surface area is 118 Å². The molecule has 2 fully saturated rings. The molecule has 0 aromatic rings. The number of hydrogen-bond donors (Lipinski definition) is 2. The van der Waals surface area contributed by atoms with Crippen molar-refractivity contribution in [1.82, 2.24) is 10.2 Å². The van der Waals surface area contributed by atoms with E-state index in [4.69, 9.17) is 5.11 Å². The van der Waals surface area contributed by atoms with Crippen LogP contribution in [0.3, 0.4) is 0 Å². The van der Waals surface area contributed by atoms with Gasteiger partial charge in [-0.2, -0.15) is 0 Å². The fourth-order valence-corrected chi connectivity index (χ4v) is 3.97. The Balaban J connectivity index is 1.82. The van der Waals surface area contributed by atoms with Crippen molar-refractivity contribution in [2.24, 2.45) is 5.92 Å². The van der Waals surface area contributed by atoms with E-state index in [1.54, 1.807) is 0 Å². The van der Waals surface area contributed by atoms with Crippen molar-refractivity contribution < 1.29 is 14.7 Å². The number of carbonyl (C=O) groups excluding carboxylic acids is 1. The van der Waals surface area contributed by atoms with E-state index in [-0.39, 0.29) is 12.1 Å². The number of hydrogen-bond acceptors (Lipinski definition) is 3. The summed E-state index contributed by atoms with van der Waals surface area (Å²) in [7, 11) is 0. The zero-order valence-corrected chi connectivity index (χ0v) is 12.1. The quantitative estimate of drug-likeness (QED) is 0.834. The van der Waals surface area contributed by atoms with Crippen LogP contribution in [-0.2, 0) is 4.79 Å². The van der Waals surface area contributed by atoms with Gasteiger partial charge in [0.25, 0.3) is 0 Å². The van der Waals surface area contributed by atoms with Crippen molar-refractivity contribution in [2.45, 2.75) is 51.1 Å². The van der Waals surface area contributed by atoms with Crippen LogP contribution in [0.25, 0.3) is 0 Å². The smallest absolute Gasteiger partial charge is 0.327 e. The molecule has 0 aromatic carbocycles. The van der Waals surface area contributed by atoms with Crippen molar-refractivity contribution in [3.05, 3.63) is 0 Å². The molecule has 108 valence electrons. The lowest BCUT2D eigenvalue weighted by molar-refractivity contribution is -0.140. The van der Waals surface area contributed by atoms with Crippen LogP contribution >= 0.6 is 11.8 Å². The summed E-state index contributed by atoms with van der Waals surface area (Å²) in [5, 5.41) is 12.1. The number of carboxylic acids is 1. The maximum Gasteiger partial charge on any atom is 0.327 e. The number of thioether (sulfide) groups is 1. The van der Waals surface area contributed by atoms with Crippen molar-refractivity contribution in [1.29, 1.82) is 0 Å². The highest BCUT2D eigenvalue weighted by Crippen LogP contribution is 2.27. The van der Waals surface area contributed by atoms with Gasteiger partial charge in [-0.3, -0.25) is 0 Å². The van der Waals surface area contributed by atoms with Gasteiger partial charge in [-0.1, -0.05) is 13.3 Å². The van der Waals surface area contributed by atoms with E-state index in [9.17, 15) is 9.59 Å². The first kappa shape index (κ1) is 14.5. The Kier molecular flexibility index (Phi) is 4.96. The number of rotatable bonds is 3. The summed E-state index contributed by atoms with van der Waals surface area (Å²) in [5.41, 5.74) is 0. The SMILES string of the molecule is CCC1CCC(NC(=O)N2CSC[C@H]2C(=O)O)CC1. The predicted molar refractivity (Wildman–Crippen MR) is 75.2 cm³/mol. The molecular weight excluding hydrogens is 264 g/mol. The number of nitrogens with one attached hydrogen (secondary N) is 1. The summed E-state index contributed by atoms with van der Waals surface area (Å²) < 4.78 is 0. The van der Waals surface area contributed by atoms with Crippen molar-refractivity contribution in [3.8, 4) is 0 Å². The molecule has 5 nitrogen and oxygen atoms in total. The summed E-state index contributed by atoms with van der Waals surface area (Å²) in [6.07, 6.45) is 5.58. The molecule has 1 aliphatic heterocycles. The van der Waals surface area contributed by atoms with Crippen molar-refractivity contribution >= 4 is 23.8 Å². The van der Waals surface area contributed by atoms with Crippen LogP contribution in [0.5, 0.6) is 0 Å². The van der Waals surface area contributed by atoms with Crippen molar-refractivity contribution in [3.63, 3.8) is 0 Å². The minimum Gasteiger partial charge on any atom is -0.480 e. The van der Waals surface area contributed by atoms with Gasteiger partial charge in [0.2, 0.25) is 0 Å². The number of urea groups is 1. The summed E-state index contributed by atoms with van der Waals surface area (Å²) in [6.45, 7) is 2.21. The first-order chi connectivity index (χ1) is 9.11. The van der Waals surface area contributed by atoms with Gasteiger partial charge in [-0.15, -0.1) is 11.8 Å². The van der Waals surface area contributed by atoms with Gasteiger partial charge in [0.05, 0.1) is 5.88 Å². The molecule has 19 heavy (non-hydrogen) atoms. The maximum atomic E-state index is 12.1. The Hall–Kier alpha value is -0.910. The zero-order chi connectivity index (χ0) is 13.8. The fraction of sp³-hybridized carbons (Fsp3) is 0.846. The minimum atomic E-state index is -0.908. The summed E-state index contributed by atoms with van der Waals surface area (Å²) in [6, 6.07) is -0.662. The lowest BCUT2D eigenvalue weighted by Crippen LogP contribution is -2.50. The number of nitrogens with zero attached hydrogens (tertiary/aromatic N) is 1. The number of carboxylic acid groups (broad SMARTS) is 1. The van der Waals surface area contributed by atoms with Crippen LogP contribution in [0.4, 0.5) is 4.79 Å². The highest BCUT2D eigenvalue weighted by atomic mass is 32.2. The summed E-state index contributed by atoms with van der Waals surface area (Å²) >= 11 is 1.50. The number of carbonyl (C=O) groups is 2. The zero-order valence-electron chi connectivity index (χ0n) is 11.3. The highest BCUT2D eigenvalue weighted by Gasteiger charge is 2.35. The molecule has 0 aromatic heterocycles. The lowest BCUT2D eigenvalue weighted by atomic mass is 9.84. The van der Waals surface area contributed by atoms with Gasteiger partial charge < -0.3 is 15.3 Å². The number of aliphatic carboxylic acids is 1. The Morgan fingerprint density at radius 3 is 2.58 bits per heavy atom. The van der Waals surface area contributed by atoms with E-state index in [0.717, 1.165) is 18.8 Å². The largest absolute Gasteiger partial charge is 0.480 e. The standard InChI is InChI=1S/C13H22N2O3S/c1-2-9-3-5-10(6-4-9)14-13(18)15-8-19-7-11(15)12(16)17/h9-11H,2-8H2,1H3,(H,14,18)(H,16,17)/t9?,10?,11-/m0/s1. The second-order valence-electron chi connectivity index (χ2n) is 5.40. The third-order valence-corrected chi connectivity index (χ3v) is 5.19. The van der Waals surface area contributed by atoms with E-state index in [0.29, 0.717) is 11.6 Å². The van der Waals surface area contributed by atoms with Crippen LogP contribution in [0.15, 0.2) is 0 Å². The molecule has 0 spiro atoms. The van der Waals surface area contributed by atoms with E-state index < -0.39 is 12.0 Å².